The van der Waals surface area contributed by atoms with E-state index in [0.29, 0.717) is 19.0 Å². The van der Waals surface area contributed by atoms with Crippen molar-refractivity contribution < 1.29 is 4.74 Å². The van der Waals surface area contributed by atoms with E-state index in [-0.39, 0.29) is 6.10 Å². The van der Waals surface area contributed by atoms with Crippen LogP contribution < -0.4 is 15.4 Å². The summed E-state index contributed by atoms with van der Waals surface area (Å²) in [6, 6.07) is 3.88. The zero-order chi connectivity index (χ0) is 19.1. The second kappa shape index (κ2) is 9.22. The van der Waals surface area contributed by atoms with E-state index < -0.39 is 0 Å². The van der Waals surface area contributed by atoms with Gasteiger partial charge in [-0.1, -0.05) is 6.07 Å². The molecule has 0 fully saturated rings. The van der Waals surface area contributed by atoms with Gasteiger partial charge in [-0.25, -0.2) is 9.98 Å². The summed E-state index contributed by atoms with van der Waals surface area (Å²) in [5.74, 6) is 1.41. The summed E-state index contributed by atoms with van der Waals surface area (Å²) < 4.78 is 7.47. The van der Waals surface area contributed by atoms with Crippen LogP contribution >= 0.6 is 0 Å². The molecule has 0 unspecified atom stereocenters. The first-order valence-electron chi connectivity index (χ1n) is 9.03. The normalized spacial score (nSPS) is 11.7. The highest BCUT2D eigenvalue weighted by atomic mass is 16.5. The lowest BCUT2D eigenvalue weighted by atomic mass is 10.2. The van der Waals surface area contributed by atoms with Crippen LogP contribution in [0.2, 0.25) is 0 Å². The van der Waals surface area contributed by atoms with Crippen molar-refractivity contribution in [2.45, 2.75) is 53.8 Å². The van der Waals surface area contributed by atoms with Gasteiger partial charge in [0, 0.05) is 43.7 Å². The number of hydrogen-bond acceptors (Lipinski definition) is 4. The minimum atomic E-state index is 0.121. The van der Waals surface area contributed by atoms with Gasteiger partial charge in [0.15, 0.2) is 5.96 Å². The molecular weight excluding hydrogens is 328 g/mol. The largest absolute Gasteiger partial charge is 0.475 e. The molecule has 0 atom stereocenters. The third-order valence-corrected chi connectivity index (χ3v) is 4.01. The molecule has 0 radical (unpaired) electrons. The standard InChI is InChI=1S/C19H30N6O/c1-7-20-19(23-12-17-14(4)24-25(6)15(17)5)22-11-16-8-9-18(21-10-16)26-13(2)3/h8-10,13H,7,11-12H2,1-6H3,(H2,20,22,23). The molecule has 0 saturated heterocycles. The molecule has 26 heavy (non-hydrogen) atoms. The van der Waals surface area contributed by atoms with Crippen LogP contribution in [0.5, 0.6) is 5.88 Å². The van der Waals surface area contributed by atoms with E-state index >= 15 is 0 Å². The summed E-state index contributed by atoms with van der Waals surface area (Å²) in [7, 11) is 1.96. The van der Waals surface area contributed by atoms with Gasteiger partial charge in [-0.05, 0) is 40.2 Å². The van der Waals surface area contributed by atoms with E-state index in [1.165, 1.54) is 5.56 Å². The molecule has 7 heteroatoms. The fourth-order valence-electron chi connectivity index (χ4n) is 2.57. The summed E-state index contributed by atoms with van der Waals surface area (Å²) in [6.07, 6.45) is 1.93. The molecule has 2 heterocycles. The second-order valence-electron chi connectivity index (χ2n) is 6.49. The minimum absolute atomic E-state index is 0.121. The van der Waals surface area contributed by atoms with Gasteiger partial charge in [0.2, 0.25) is 5.88 Å². The van der Waals surface area contributed by atoms with Crippen molar-refractivity contribution in [3.8, 4) is 5.88 Å². The van der Waals surface area contributed by atoms with Crippen LogP contribution in [0.15, 0.2) is 23.3 Å². The highest BCUT2D eigenvalue weighted by Crippen LogP contribution is 2.12. The Morgan fingerprint density at radius 3 is 2.58 bits per heavy atom. The van der Waals surface area contributed by atoms with E-state index in [1.807, 2.05) is 44.6 Å². The summed E-state index contributed by atoms with van der Waals surface area (Å²) in [5.41, 5.74) is 4.44. The number of nitrogens with one attached hydrogen (secondary N) is 2. The molecule has 0 aliphatic heterocycles. The molecule has 0 aliphatic carbocycles. The quantitative estimate of drug-likeness (QED) is 0.587. The lowest BCUT2D eigenvalue weighted by molar-refractivity contribution is 0.232. The van der Waals surface area contributed by atoms with Crippen molar-refractivity contribution in [3.05, 3.63) is 40.8 Å². The average Bonchev–Trinajstić information content (AvgIpc) is 2.83. The van der Waals surface area contributed by atoms with Gasteiger partial charge in [-0.15, -0.1) is 0 Å². The number of aromatic nitrogens is 3. The fourth-order valence-corrected chi connectivity index (χ4v) is 2.57. The van der Waals surface area contributed by atoms with Crippen molar-refractivity contribution in [2.75, 3.05) is 6.54 Å². The monoisotopic (exact) mass is 358 g/mol. The molecule has 142 valence electrons. The first-order chi connectivity index (χ1) is 12.4. The van der Waals surface area contributed by atoms with Crippen LogP contribution in [0.25, 0.3) is 0 Å². The Balaban J connectivity index is 1.99. The number of rotatable bonds is 7. The molecule has 2 aromatic rings. The summed E-state index contributed by atoms with van der Waals surface area (Å²) >= 11 is 0. The van der Waals surface area contributed by atoms with E-state index in [4.69, 9.17) is 4.74 Å². The molecule has 2 aromatic heterocycles. The van der Waals surface area contributed by atoms with Crippen molar-refractivity contribution in [3.63, 3.8) is 0 Å². The Morgan fingerprint density at radius 1 is 1.27 bits per heavy atom. The lowest BCUT2D eigenvalue weighted by Gasteiger charge is -2.12. The van der Waals surface area contributed by atoms with Crippen molar-refractivity contribution in [2.24, 2.45) is 12.0 Å². The van der Waals surface area contributed by atoms with Crippen molar-refractivity contribution in [1.82, 2.24) is 25.4 Å². The molecule has 0 saturated carbocycles. The van der Waals surface area contributed by atoms with Crippen LogP contribution in [0, 0.1) is 13.8 Å². The molecule has 0 spiro atoms. The van der Waals surface area contributed by atoms with Crippen LogP contribution in [-0.2, 0) is 20.1 Å². The average molecular weight is 358 g/mol. The van der Waals surface area contributed by atoms with Crippen molar-refractivity contribution >= 4 is 5.96 Å². The smallest absolute Gasteiger partial charge is 0.213 e. The number of ether oxygens (including phenoxy) is 1. The molecule has 2 rings (SSSR count). The Bertz CT molecular complexity index is 733. The first kappa shape index (κ1) is 19.8. The van der Waals surface area contributed by atoms with Gasteiger partial charge >= 0.3 is 0 Å². The van der Waals surface area contributed by atoms with Crippen molar-refractivity contribution in [1.29, 1.82) is 0 Å². The van der Waals surface area contributed by atoms with E-state index in [9.17, 15) is 0 Å². The van der Waals surface area contributed by atoms with E-state index in [1.54, 1.807) is 6.20 Å². The third-order valence-electron chi connectivity index (χ3n) is 4.01. The van der Waals surface area contributed by atoms with Gasteiger partial charge in [-0.3, -0.25) is 4.68 Å². The predicted octanol–water partition coefficient (Wildman–Crippen LogP) is 2.47. The lowest BCUT2D eigenvalue weighted by Crippen LogP contribution is -2.37. The summed E-state index contributed by atoms with van der Waals surface area (Å²) in [5, 5.41) is 11.1. The maximum atomic E-state index is 5.57. The molecular formula is C19H30N6O. The van der Waals surface area contributed by atoms with Gasteiger partial charge in [0.25, 0.3) is 0 Å². The number of pyridine rings is 1. The number of hydrogen-bond donors (Lipinski definition) is 2. The summed E-state index contributed by atoms with van der Waals surface area (Å²) in [6.45, 7) is 12.2. The fraction of sp³-hybridized carbons (Fsp3) is 0.526. The van der Waals surface area contributed by atoms with Crippen LogP contribution in [0.4, 0.5) is 0 Å². The van der Waals surface area contributed by atoms with Crippen LogP contribution in [-0.4, -0.2) is 33.4 Å². The maximum absolute atomic E-state index is 5.57. The highest BCUT2D eigenvalue weighted by Gasteiger charge is 2.09. The third kappa shape index (κ3) is 5.47. The molecule has 0 bridgehead atoms. The topological polar surface area (TPSA) is 76.4 Å². The molecule has 0 aliphatic rings. The summed E-state index contributed by atoms with van der Waals surface area (Å²) in [4.78, 5) is 8.96. The van der Waals surface area contributed by atoms with Gasteiger partial charge < -0.3 is 15.4 Å². The number of nitrogens with zero attached hydrogens (tertiary/aromatic N) is 4. The number of aryl methyl sites for hydroxylation is 2. The molecule has 7 nitrogen and oxygen atoms in total. The Hall–Kier alpha value is -2.57. The SMILES string of the molecule is CCNC(=NCc1ccc(OC(C)C)nc1)NCc1c(C)nn(C)c1C. The van der Waals surface area contributed by atoms with Gasteiger partial charge in [-0.2, -0.15) is 5.10 Å². The minimum Gasteiger partial charge on any atom is -0.475 e. The second-order valence-corrected chi connectivity index (χ2v) is 6.49. The van der Waals surface area contributed by atoms with Crippen LogP contribution in [0.1, 0.15) is 43.3 Å². The molecule has 0 aromatic carbocycles. The highest BCUT2D eigenvalue weighted by molar-refractivity contribution is 5.79. The number of aliphatic imine (C=N–C) groups is 1. The first-order valence-corrected chi connectivity index (χ1v) is 9.03. The molecule has 0 amide bonds. The molecule has 2 N–H and O–H groups in total. The number of guanidine groups is 1. The van der Waals surface area contributed by atoms with E-state index in [0.717, 1.165) is 29.5 Å². The maximum Gasteiger partial charge on any atom is 0.213 e. The van der Waals surface area contributed by atoms with Gasteiger partial charge in [0.05, 0.1) is 18.3 Å². The zero-order valence-electron chi connectivity index (χ0n) is 16.6. The van der Waals surface area contributed by atoms with Crippen LogP contribution in [0.3, 0.4) is 0 Å². The Labute approximate surface area is 155 Å². The Morgan fingerprint density at radius 2 is 2.04 bits per heavy atom. The van der Waals surface area contributed by atoms with E-state index in [2.05, 4.69) is 39.6 Å². The van der Waals surface area contributed by atoms with Gasteiger partial charge in [0.1, 0.15) is 0 Å². The zero-order valence-corrected chi connectivity index (χ0v) is 16.6. The predicted molar refractivity (Wildman–Crippen MR) is 104 cm³/mol. The Kier molecular flexibility index (Phi) is 7.00.